The summed E-state index contributed by atoms with van der Waals surface area (Å²) in [4.78, 5) is 2.18. The first-order valence-corrected chi connectivity index (χ1v) is 8.56. The fourth-order valence-corrected chi connectivity index (χ4v) is 2.93. The smallest absolute Gasteiger partial charge is 0.123 e. The van der Waals surface area contributed by atoms with E-state index in [0.29, 0.717) is 18.8 Å². The Balaban J connectivity index is 0.000000326. The van der Waals surface area contributed by atoms with E-state index in [9.17, 15) is 4.39 Å². The number of ether oxygens (including phenoxy) is 1. The van der Waals surface area contributed by atoms with Crippen LogP contribution in [0.3, 0.4) is 0 Å². The molecule has 1 heterocycles. The van der Waals surface area contributed by atoms with Crippen molar-refractivity contribution in [1.29, 1.82) is 5.26 Å². The predicted octanol–water partition coefficient (Wildman–Crippen LogP) is 4.32. The summed E-state index contributed by atoms with van der Waals surface area (Å²) in [6, 6.07) is 14.3. The molecule has 0 saturated heterocycles. The molecule has 2 aromatic carbocycles. The fourth-order valence-electron chi connectivity index (χ4n) is 2.93. The van der Waals surface area contributed by atoms with E-state index in [1.54, 1.807) is 12.1 Å². The van der Waals surface area contributed by atoms with Gasteiger partial charge in [-0.05, 0) is 68.0 Å². The maximum atomic E-state index is 13.0. The second-order valence-electron chi connectivity index (χ2n) is 6.45. The van der Waals surface area contributed by atoms with Crippen LogP contribution in [-0.4, -0.2) is 32.1 Å². The Labute approximate surface area is 149 Å². The molecule has 0 fully saturated rings. The zero-order valence-corrected chi connectivity index (χ0v) is 15.1. The van der Waals surface area contributed by atoms with Gasteiger partial charge in [0.25, 0.3) is 0 Å². The highest BCUT2D eigenvalue weighted by Crippen LogP contribution is 2.32. The number of benzene rings is 2. The maximum absolute atomic E-state index is 13.0. The topological polar surface area (TPSA) is 36.3 Å². The van der Waals surface area contributed by atoms with E-state index in [1.165, 1.54) is 25.1 Å². The number of hydrogen-bond donors (Lipinski definition) is 0. The van der Waals surface area contributed by atoms with Gasteiger partial charge in [-0.15, -0.1) is 0 Å². The molecule has 0 amide bonds. The van der Waals surface area contributed by atoms with Crippen LogP contribution in [-0.2, 0) is 11.3 Å². The first-order valence-electron chi connectivity index (χ1n) is 8.56. The van der Waals surface area contributed by atoms with Crippen molar-refractivity contribution in [3.8, 4) is 6.07 Å². The summed E-state index contributed by atoms with van der Waals surface area (Å²) in [7, 11) is 4.17. The molecule has 2 aromatic rings. The van der Waals surface area contributed by atoms with Crippen LogP contribution in [0.1, 0.15) is 41.5 Å². The van der Waals surface area contributed by atoms with Gasteiger partial charge in [0.15, 0.2) is 0 Å². The van der Waals surface area contributed by atoms with Gasteiger partial charge < -0.3 is 9.64 Å². The van der Waals surface area contributed by atoms with E-state index in [-0.39, 0.29) is 11.7 Å². The third kappa shape index (κ3) is 5.38. The average molecular weight is 340 g/mol. The molecule has 0 bridgehead atoms. The quantitative estimate of drug-likeness (QED) is 0.835. The number of hydrogen-bond acceptors (Lipinski definition) is 3. The van der Waals surface area contributed by atoms with E-state index in [1.807, 2.05) is 18.2 Å². The molecular weight excluding hydrogens is 315 g/mol. The Hall–Kier alpha value is -2.22. The first kappa shape index (κ1) is 19.1. The largest absolute Gasteiger partial charge is 0.376 e. The zero-order chi connectivity index (χ0) is 18.2. The minimum Gasteiger partial charge on any atom is -0.376 e. The van der Waals surface area contributed by atoms with Crippen molar-refractivity contribution in [1.82, 2.24) is 4.90 Å². The molecule has 1 unspecified atom stereocenters. The Morgan fingerprint density at radius 1 is 1.20 bits per heavy atom. The second-order valence-corrected chi connectivity index (χ2v) is 6.45. The lowest BCUT2D eigenvalue weighted by Crippen LogP contribution is -2.17. The number of rotatable bonds is 3. The molecule has 0 aromatic heterocycles. The molecule has 0 saturated carbocycles. The molecule has 3 rings (SSSR count). The summed E-state index contributed by atoms with van der Waals surface area (Å²) in [6.07, 6.45) is 1.26. The number of nitriles is 1. The van der Waals surface area contributed by atoms with Gasteiger partial charge in [0, 0.05) is 5.92 Å². The van der Waals surface area contributed by atoms with Crippen LogP contribution in [0.25, 0.3) is 0 Å². The van der Waals surface area contributed by atoms with Gasteiger partial charge in [-0.25, -0.2) is 4.39 Å². The Morgan fingerprint density at radius 2 is 1.92 bits per heavy atom. The van der Waals surface area contributed by atoms with Crippen LogP contribution < -0.4 is 0 Å². The summed E-state index contributed by atoms with van der Waals surface area (Å²) in [5, 5.41) is 8.92. The minimum atomic E-state index is -0.236. The molecule has 0 spiro atoms. The van der Waals surface area contributed by atoms with Crippen LogP contribution in [0.5, 0.6) is 0 Å². The Bertz CT molecular complexity index is 720. The van der Waals surface area contributed by atoms with Crippen LogP contribution in [0, 0.1) is 17.1 Å². The van der Waals surface area contributed by atoms with Crippen molar-refractivity contribution in [3.05, 3.63) is 70.5 Å². The van der Waals surface area contributed by atoms with Gasteiger partial charge in [0.1, 0.15) is 5.82 Å². The number of halogens is 1. The first-order chi connectivity index (χ1) is 12.0. The predicted molar refractivity (Wildman–Crippen MR) is 97.9 cm³/mol. The molecule has 1 aliphatic heterocycles. The molecular formula is C21H25FN2O. The molecule has 0 aliphatic carbocycles. The summed E-state index contributed by atoms with van der Waals surface area (Å²) in [5.74, 6) is -0.127. The van der Waals surface area contributed by atoms with E-state index >= 15 is 0 Å². The Kier molecular flexibility index (Phi) is 7.12. The molecule has 132 valence electrons. The minimum absolute atomic E-state index is 0.108. The number of fused-ring (bicyclic) bond motifs is 1. The Morgan fingerprint density at radius 3 is 2.48 bits per heavy atom. The van der Waals surface area contributed by atoms with E-state index in [2.05, 4.69) is 32.0 Å². The normalized spacial score (nSPS) is 15.8. The SMILES string of the molecule is CCCN(C)C.N#Cc1ccc2c(c1)COCC2c1ccc(F)cc1. The lowest BCUT2D eigenvalue weighted by atomic mass is 9.86. The van der Waals surface area contributed by atoms with Crippen molar-refractivity contribution >= 4 is 0 Å². The standard InChI is InChI=1S/C16H12FNO.C5H13N/c17-14-4-2-12(3-5-14)16-10-19-9-13-7-11(8-18)1-6-15(13)16;1-4-5-6(2)3/h1-7,16H,9-10H2;4-5H2,1-3H3. The highest BCUT2D eigenvalue weighted by Gasteiger charge is 2.22. The van der Waals surface area contributed by atoms with E-state index < -0.39 is 0 Å². The van der Waals surface area contributed by atoms with Gasteiger partial charge in [-0.3, -0.25) is 0 Å². The second kappa shape index (κ2) is 9.31. The van der Waals surface area contributed by atoms with Gasteiger partial charge in [-0.1, -0.05) is 25.1 Å². The van der Waals surface area contributed by atoms with Crippen molar-refractivity contribution in [2.45, 2.75) is 25.9 Å². The van der Waals surface area contributed by atoms with Gasteiger partial charge >= 0.3 is 0 Å². The summed E-state index contributed by atoms with van der Waals surface area (Å²) in [5.41, 5.74) is 3.88. The van der Waals surface area contributed by atoms with Gasteiger partial charge in [0.05, 0.1) is 24.8 Å². The zero-order valence-electron chi connectivity index (χ0n) is 15.1. The highest BCUT2D eigenvalue weighted by atomic mass is 19.1. The fraction of sp³-hybridized carbons (Fsp3) is 0.381. The lowest BCUT2D eigenvalue weighted by Gasteiger charge is -2.26. The molecule has 3 nitrogen and oxygen atoms in total. The molecule has 25 heavy (non-hydrogen) atoms. The third-order valence-corrected chi connectivity index (χ3v) is 4.13. The monoisotopic (exact) mass is 340 g/mol. The third-order valence-electron chi connectivity index (χ3n) is 4.13. The molecule has 1 atom stereocenters. The van der Waals surface area contributed by atoms with Crippen molar-refractivity contribution in [2.24, 2.45) is 0 Å². The average Bonchev–Trinajstić information content (AvgIpc) is 2.62. The molecule has 1 aliphatic rings. The van der Waals surface area contributed by atoms with Crippen LogP contribution >= 0.6 is 0 Å². The molecule has 0 N–H and O–H groups in total. The lowest BCUT2D eigenvalue weighted by molar-refractivity contribution is 0.0994. The van der Waals surface area contributed by atoms with E-state index in [4.69, 9.17) is 10.00 Å². The summed E-state index contributed by atoms with van der Waals surface area (Å²) >= 11 is 0. The van der Waals surface area contributed by atoms with Gasteiger partial charge in [0.2, 0.25) is 0 Å². The highest BCUT2D eigenvalue weighted by molar-refractivity contribution is 5.44. The summed E-state index contributed by atoms with van der Waals surface area (Å²) in [6.45, 7) is 4.51. The molecule has 4 heteroatoms. The van der Waals surface area contributed by atoms with Crippen LogP contribution in [0.15, 0.2) is 42.5 Å². The molecule has 0 radical (unpaired) electrons. The van der Waals surface area contributed by atoms with E-state index in [0.717, 1.165) is 16.7 Å². The number of nitrogens with zero attached hydrogens (tertiary/aromatic N) is 2. The van der Waals surface area contributed by atoms with Crippen molar-refractivity contribution < 1.29 is 9.13 Å². The van der Waals surface area contributed by atoms with Crippen LogP contribution in [0.4, 0.5) is 4.39 Å². The van der Waals surface area contributed by atoms with Crippen LogP contribution in [0.2, 0.25) is 0 Å². The maximum Gasteiger partial charge on any atom is 0.123 e. The summed E-state index contributed by atoms with van der Waals surface area (Å²) < 4.78 is 18.6. The van der Waals surface area contributed by atoms with Crippen molar-refractivity contribution in [3.63, 3.8) is 0 Å². The van der Waals surface area contributed by atoms with Crippen molar-refractivity contribution in [2.75, 3.05) is 27.2 Å². The van der Waals surface area contributed by atoms with Gasteiger partial charge in [-0.2, -0.15) is 5.26 Å².